The number of urea groups is 1. The van der Waals surface area contributed by atoms with Crippen LogP contribution >= 0.6 is 0 Å². The fourth-order valence-corrected chi connectivity index (χ4v) is 2.55. The summed E-state index contributed by atoms with van der Waals surface area (Å²) in [6.07, 6.45) is 0.852. The van der Waals surface area contributed by atoms with Crippen LogP contribution in [0.3, 0.4) is 0 Å². The fourth-order valence-electron chi connectivity index (χ4n) is 1.98. The van der Waals surface area contributed by atoms with E-state index in [4.69, 9.17) is 4.18 Å². The first-order valence-corrected chi connectivity index (χ1v) is 9.75. The van der Waals surface area contributed by atoms with Crippen molar-refractivity contribution in [3.8, 4) is 5.75 Å². The highest BCUT2D eigenvalue weighted by atomic mass is 32.2. The molecule has 0 fully saturated rings. The predicted octanol–water partition coefficient (Wildman–Crippen LogP) is 3.13. The van der Waals surface area contributed by atoms with E-state index in [1.165, 1.54) is 0 Å². The van der Waals surface area contributed by atoms with Crippen LogP contribution in [-0.2, 0) is 16.7 Å². The standard InChI is InChI=1S/C17H28N2O4S/c1-6-14(5)19(17(20)18-7-2)12-15-8-10-16(11-9-15)23-24(21,22)13(3)4/h8-11,13-14H,6-7,12H2,1-5H3,(H,18,20)/t14-/m1/s1. The maximum absolute atomic E-state index is 12.2. The van der Waals surface area contributed by atoms with Crippen molar-refractivity contribution in [3.05, 3.63) is 29.8 Å². The largest absolute Gasteiger partial charge is 0.382 e. The molecule has 0 aliphatic carbocycles. The molecule has 0 aliphatic heterocycles. The van der Waals surface area contributed by atoms with Crippen molar-refractivity contribution in [1.82, 2.24) is 10.2 Å². The molecule has 0 saturated carbocycles. The lowest BCUT2D eigenvalue weighted by atomic mass is 10.1. The van der Waals surface area contributed by atoms with Crippen LogP contribution in [0.5, 0.6) is 5.75 Å². The van der Waals surface area contributed by atoms with Gasteiger partial charge in [0.2, 0.25) is 0 Å². The molecular weight excluding hydrogens is 328 g/mol. The third kappa shape index (κ3) is 5.70. The van der Waals surface area contributed by atoms with Gasteiger partial charge in [-0.05, 0) is 51.8 Å². The summed E-state index contributed by atoms with van der Waals surface area (Å²) in [6, 6.07) is 6.78. The molecule has 0 heterocycles. The SMILES string of the molecule is CCNC(=O)N(Cc1ccc(OS(=O)(=O)C(C)C)cc1)[C@H](C)CC. The van der Waals surface area contributed by atoms with Crippen molar-refractivity contribution in [1.29, 1.82) is 0 Å². The summed E-state index contributed by atoms with van der Waals surface area (Å²) < 4.78 is 28.6. The third-order valence-electron chi connectivity index (χ3n) is 3.78. The van der Waals surface area contributed by atoms with Crippen LogP contribution in [0, 0.1) is 0 Å². The molecule has 0 aliphatic rings. The highest BCUT2D eigenvalue weighted by Crippen LogP contribution is 2.18. The van der Waals surface area contributed by atoms with Crippen molar-refractivity contribution in [2.45, 2.75) is 58.9 Å². The topological polar surface area (TPSA) is 75.7 Å². The van der Waals surface area contributed by atoms with Crippen LogP contribution in [0.4, 0.5) is 4.79 Å². The zero-order chi connectivity index (χ0) is 18.3. The number of nitrogens with one attached hydrogen (secondary N) is 1. The van der Waals surface area contributed by atoms with Gasteiger partial charge in [-0.1, -0.05) is 19.1 Å². The fraction of sp³-hybridized carbons (Fsp3) is 0.588. The van der Waals surface area contributed by atoms with Gasteiger partial charge in [-0.3, -0.25) is 0 Å². The lowest BCUT2D eigenvalue weighted by Crippen LogP contribution is -2.44. The van der Waals surface area contributed by atoms with Gasteiger partial charge in [0.25, 0.3) is 0 Å². The Hall–Kier alpha value is -1.76. The molecule has 136 valence electrons. The zero-order valence-electron chi connectivity index (χ0n) is 15.1. The summed E-state index contributed by atoms with van der Waals surface area (Å²) in [7, 11) is -3.60. The van der Waals surface area contributed by atoms with Crippen LogP contribution in [0.2, 0.25) is 0 Å². The summed E-state index contributed by atoms with van der Waals surface area (Å²) in [5, 5.41) is 2.22. The van der Waals surface area contributed by atoms with Gasteiger partial charge >= 0.3 is 16.1 Å². The third-order valence-corrected chi connectivity index (χ3v) is 5.36. The molecule has 0 aromatic heterocycles. The maximum atomic E-state index is 12.2. The Morgan fingerprint density at radius 3 is 2.21 bits per heavy atom. The molecule has 24 heavy (non-hydrogen) atoms. The summed E-state index contributed by atoms with van der Waals surface area (Å²) in [4.78, 5) is 14.0. The molecule has 6 nitrogen and oxygen atoms in total. The molecule has 1 rings (SSSR count). The predicted molar refractivity (Wildman–Crippen MR) is 95.5 cm³/mol. The Labute approximate surface area is 145 Å². The average molecular weight is 356 g/mol. The van der Waals surface area contributed by atoms with Gasteiger partial charge in [0, 0.05) is 19.1 Å². The zero-order valence-corrected chi connectivity index (χ0v) is 15.9. The second-order valence-corrected chi connectivity index (χ2v) is 8.08. The lowest BCUT2D eigenvalue weighted by Gasteiger charge is -2.28. The molecule has 2 amide bonds. The van der Waals surface area contributed by atoms with Crippen LogP contribution in [0.25, 0.3) is 0 Å². The number of amides is 2. The number of rotatable bonds is 8. The van der Waals surface area contributed by atoms with E-state index in [9.17, 15) is 13.2 Å². The van der Waals surface area contributed by atoms with E-state index in [-0.39, 0.29) is 17.8 Å². The van der Waals surface area contributed by atoms with E-state index in [0.717, 1.165) is 12.0 Å². The van der Waals surface area contributed by atoms with Crippen molar-refractivity contribution >= 4 is 16.1 Å². The Morgan fingerprint density at radius 1 is 1.17 bits per heavy atom. The molecule has 0 unspecified atom stereocenters. The molecule has 1 aromatic rings. The summed E-state index contributed by atoms with van der Waals surface area (Å²) in [6.45, 7) is 10.1. The Morgan fingerprint density at radius 2 is 1.75 bits per heavy atom. The summed E-state index contributed by atoms with van der Waals surface area (Å²) in [5.74, 6) is 0.278. The minimum absolute atomic E-state index is 0.102. The normalized spacial score (nSPS) is 12.8. The molecule has 1 aromatic carbocycles. The van der Waals surface area contributed by atoms with E-state index >= 15 is 0 Å². The van der Waals surface area contributed by atoms with E-state index in [1.54, 1.807) is 43.0 Å². The number of nitrogens with zero attached hydrogens (tertiary/aromatic N) is 1. The van der Waals surface area contributed by atoms with E-state index in [2.05, 4.69) is 5.32 Å². The number of carbonyl (C=O) groups excluding carboxylic acids is 1. The van der Waals surface area contributed by atoms with Gasteiger partial charge in [0.15, 0.2) is 0 Å². The maximum Gasteiger partial charge on any atom is 0.317 e. The van der Waals surface area contributed by atoms with Crippen LogP contribution in [0.1, 0.15) is 46.6 Å². The van der Waals surface area contributed by atoms with Gasteiger partial charge in [0.05, 0.1) is 5.25 Å². The number of hydrogen-bond acceptors (Lipinski definition) is 4. The van der Waals surface area contributed by atoms with Gasteiger partial charge in [0.1, 0.15) is 5.75 Å². The molecule has 1 atom stereocenters. The monoisotopic (exact) mass is 356 g/mol. The molecular formula is C17H28N2O4S. The Kier molecular flexibility index (Phi) is 7.54. The van der Waals surface area contributed by atoms with Crippen LogP contribution in [-0.4, -0.2) is 37.2 Å². The molecule has 0 spiro atoms. The Bertz CT molecular complexity index is 626. The first-order valence-electron chi connectivity index (χ1n) is 8.27. The molecule has 0 radical (unpaired) electrons. The van der Waals surface area contributed by atoms with Crippen LogP contribution < -0.4 is 9.50 Å². The minimum Gasteiger partial charge on any atom is -0.382 e. The van der Waals surface area contributed by atoms with Gasteiger partial charge in [-0.25, -0.2) is 4.79 Å². The van der Waals surface area contributed by atoms with Crippen molar-refractivity contribution in [2.24, 2.45) is 0 Å². The second kappa shape index (κ2) is 8.92. The van der Waals surface area contributed by atoms with Crippen molar-refractivity contribution in [3.63, 3.8) is 0 Å². The number of carbonyl (C=O) groups is 1. The lowest BCUT2D eigenvalue weighted by molar-refractivity contribution is 0.174. The van der Waals surface area contributed by atoms with Crippen molar-refractivity contribution in [2.75, 3.05) is 6.54 Å². The summed E-state index contributed by atoms with van der Waals surface area (Å²) >= 11 is 0. The second-order valence-electron chi connectivity index (χ2n) is 5.99. The Balaban J connectivity index is 2.85. The summed E-state index contributed by atoms with van der Waals surface area (Å²) in [5.41, 5.74) is 0.913. The molecule has 1 N–H and O–H groups in total. The average Bonchev–Trinajstić information content (AvgIpc) is 2.53. The first-order chi connectivity index (χ1) is 11.2. The van der Waals surface area contributed by atoms with Gasteiger partial charge in [-0.15, -0.1) is 0 Å². The minimum atomic E-state index is -3.60. The molecule has 7 heteroatoms. The van der Waals surface area contributed by atoms with Gasteiger partial charge in [-0.2, -0.15) is 8.42 Å². The highest BCUT2D eigenvalue weighted by Gasteiger charge is 2.20. The van der Waals surface area contributed by atoms with E-state index in [1.807, 2.05) is 20.8 Å². The van der Waals surface area contributed by atoms with E-state index in [0.29, 0.717) is 13.1 Å². The molecule has 0 saturated heterocycles. The highest BCUT2D eigenvalue weighted by molar-refractivity contribution is 7.87. The quantitative estimate of drug-likeness (QED) is 0.726. The van der Waals surface area contributed by atoms with Crippen LogP contribution in [0.15, 0.2) is 24.3 Å². The molecule has 0 bridgehead atoms. The van der Waals surface area contributed by atoms with Gasteiger partial charge < -0.3 is 14.4 Å². The number of hydrogen-bond donors (Lipinski definition) is 1. The smallest absolute Gasteiger partial charge is 0.317 e. The van der Waals surface area contributed by atoms with Crippen molar-refractivity contribution < 1.29 is 17.4 Å². The first kappa shape index (κ1) is 20.3. The number of benzene rings is 1. The van der Waals surface area contributed by atoms with E-state index < -0.39 is 15.4 Å².